The summed E-state index contributed by atoms with van der Waals surface area (Å²) < 4.78 is 0. The molecule has 0 aliphatic carbocycles. The van der Waals surface area contributed by atoms with E-state index in [0.29, 0.717) is 24.2 Å². The highest BCUT2D eigenvalue weighted by molar-refractivity contribution is 6.24. The van der Waals surface area contributed by atoms with E-state index in [4.69, 9.17) is 16.7 Å². The third-order valence-corrected chi connectivity index (χ3v) is 3.13. The van der Waals surface area contributed by atoms with E-state index in [0.717, 1.165) is 0 Å². The van der Waals surface area contributed by atoms with Gasteiger partial charge in [0.1, 0.15) is 0 Å². The van der Waals surface area contributed by atoms with Gasteiger partial charge in [-0.05, 0) is 24.6 Å². The van der Waals surface area contributed by atoms with Crippen molar-refractivity contribution in [2.75, 3.05) is 11.4 Å². The number of rotatable bonds is 2. The molecule has 90 valence electrons. The molecule has 1 saturated heterocycles. The van der Waals surface area contributed by atoms with Crippen molar-refractivity contribution in [3.05, 3.63) is 29.3 Å². The van der Waals surface area contributed by atoms with E-state index in [1.807, 2.05) is 0 Å². The number of carboxylic acids is 1. The normalized spacial score (nSPS) is 19.8. The lowest BCUT2D eigenvalue weighted by Gasteiger charge is -2.17. The Morgan fingerprint density at radius 1 is 1.53 bits per heavy atom. The maximum Gasteiger partial charge on any atom is 0.336 e. The lowest BCUT2D eigenvalue weighted by atomic mass is 10.1. The summed E-state index contributed by atoms with van der Waals surface area (Å²) >= 11 is 5.91. The molecular weight excluding hydrogens is 242 g/mol. The van der Waals surface area contributed by atoms with Crippen LogP contribution in [0.1, 0.15) is 22.3 Å². The van der Waals surface area contributed by atoms with E-state index in [2.05, 4.69) is 0 Å². The summed E-state index contributed by atoms with van der Waals surface area (Å²) in [5.41, 5.74) is 1.49. The minimum atomic E-state index is -0.988. The van der Waals surface area contributed by atoms with E-state index < -0.39 is 5.97 Å². The van der Waals surface area contributed by atoms with Crippen molar-refractivity contribution < 1.29 is 14.7 Å². The predicted octanol–water partition coefficient (Wildman–Crippen LogP) is 2.04. The number of aromatic carboxylic acids is 1. The van der Waals surface area contributed by atoms with Gasteiger partial charge < -0.3 is 10.0 Å². The van der Waals surface area contributed by atoms with Crippen LogP contribution in [-0.4, -0.2) is 28.9 Å². The number of anilines is 1. The smallest absolute Gasteiger partial charge is 0.336 e. The van der Waals surface area contributed by atoms with Crippen molar-refractivity contribution in [3.8, 4) is 0 Å². The van der Waals surface area contributed by atoms with Crippen LogP contribution in [0.5, 0.6) is 0 Å². The van der Waals surface area contributed by atoms with Crippen LogP contribution >= 0.6 is 11.6 Å². The van der Waals surface area contributed by atoms with Crippen molar-refractivity contribution in [2.24, 2.45) is 0 Å². The fourth-order valence-electron chi connectivity index (χ4n) is 1.92. The summed E-state index contributed by atoms with van der Waals surface area (Å²) in [4.78, 5) is 24.2. The molecule has 0 bridgehead atoms. The van der Waals surface area contributed by atoms with Crippen LogP contribution in [0, 0.1) is 6.92 Å². The molecule has 1 aliphatic rings. The number of benzene rings is 1. The minimum absolute atomic E-state index is 0.0646. The van der Waals surface area contributed by atoms with Crippen LogP contribution in [0.25, 0.3) is 0 Å². The first-order valence-electron chi connectivity index (χ1n) is 5.27. The first kappa shape index (κ1) is 11.9. The summed E-state index contributed by atoms with van der Waals surface area (Å²) in [7, 11) is 0. The Bertz CT molecular complexity index is 487. The number of carbonyl (C=O) groups excluding carboxylic acids is 1. The highest BCUT2D eigenvalue weighted by Crippen LogP contribution is 2.26. The van der Waals surface area contributed by atoms with Gasteiger partial charge in [-0.25, -0.2) is 4.79 Å². The molecule has 0 spiro atoms. The van der Waals surface area contributed by atoms with Crippen molar-refractivity contribution in [1.29, 1.82) is 0 Å². The van der Waals surface area contributed by atoms with E-state index >= 15 is 0 Å². The highest BCUT2D eigenvalue weighted by atomic mass is 35.5. The van der Waals surface area contributed by atoms with Crippen LogP contribution in [0.4, 0.5) is 5.69 Å². The molecule has 1 aromatic rings. The lowest BCUT2D eigenvalue weighted by molar-refractivity contribution is -0.117. The Hall–Kier alpha value is -1.55. The zero-order valence-electron chi connectivity index (χ0n) is 9.31. The van der Waals surface area contributed by atoms with Crippen LogP contribution in [0.15, 0.2) is 18.2 Å². The SMILES string of the molecule is Cc1ccc(N2CC(Cl)CC2=O)cc1C(=O)O. The molecular formula is C12H12ClNO3. The summed E-state index contributed by atoms with van der Waals surface area (Å²) in [5.74, 6) is -1.05. The lowest BCUT2D eigenvalue weighted by Crippen LogP contribution is -2.24. The molecule has 5 heteroatoms. The molecule has 1 atom stereocenters. The minimum Gasteiger partial charge on any atom is -0.478 e. The number of carboxylic acid groups (broad SMARTS) is 1. The van der Waals surface area contributed by atoms with Gasteiger partial charge in [0.15, 0.2) is 0 Å². The average Bonchev–Trinajstić information content (AvgIpc) is 2.58. The number of carbonyl (C=O) groups is 2. The van der Waals surface area contributed by atoms with Crippen molar-refractivity contribution >= 4 is 29.2 Å². The summed E-state index contributed by atoms with van der Waals surface area (Å²) in [5, 5.41) is 8.82. The van der Waals surface area contributed by atoms with Gasteiger partial charge in [-0.1, -0.05) is 6.07 Å². The Morgan fingerprint density at radius 3 is 2.76 bits per heavy atom. The van der Waals surface area contributed by atoms with Gasteiger partial charge >= 0.3 is 5.97 Å². The molecule has 1 N–H and O–H groups in total. The standard InChI is InChI=1S/C12H12ClNO3/c1-7-2-3-9(5-10(7)12(16)17)14-6-8(13)4-11(14)15/h2-3,5,8H,4,6H2,1H3,(H,16,17). The van der Waals surface area contributed by atoms with Crippen LogP contribution in [0.3, 0.4) is 0 Å². The fourth-order valence-corrected chi connectivity index (χ4v) is 2.19. The third kappa shape index (κ3) is 2.26. The van der Waals surface area contributed by atoms with E-state index in [9.17, 15) is 9.59 Å². The summed E-state index contributed by atoms with van der Waals surface area (Å²) in [6, 6.07) is 4.97. The number of amides is 1. The Balaban J connectivity index is 2.37. The first-order valence-corrected chi connectivity index (χ1v) is 5.71. The van der Waals surface area contributed by atoms with Crippen molar-refractivity contribution in [2.45, 2.75) is 18.7 Å². The molecule has 1 aliphatic heterocycles. The number of hydrogen-bond acceptors (Lipinski definition) is 2. The molecule has 1 fully saturated rings. The summed E-state index contributed by atoms with van der Waals surface area (Å²) in [6.45, 7) is 2.16. The largest absolute Gasteiger partial charge is 0.478 e. The van der Waals surface area contributed by atoms with Gasteiger partial charge in [-0.3, -0.25) is 4.79 Å². The van der Waals surface area contributed by atoms with Gasteiger partial charge in [-0.15, -0.1) is 11.6 Å². The number of alkyl halides is 1. The van der Waals surface area contributed by atoms with Crippen molar-refractivity contribution in [1.82, 2.24) is 0 Å². The second kappa shape index (κ2) is 4.37. The highest BCUT2D eigenvalue weighted by Gasteiger charge is 2.29. The molecule has 1 unspecified atom stereocenters. The number of halogens is 1. The third-order valence-electron chi connectivity index (χ3n) is 2.84. The fraction of sp³-hybridized carbons (Fsp3) is 0.333. The molecule has 1 aromatic carbocycles. The Labute approximate surface area is 104 Å². The maximum atomic E-state index is 11.6. The Kier molecular flexibility index (Phi) is 3.07. The molecule has 4 nitrogen and oxygen atoms in total. The van der Waals surface area contributed by atoms with Crippen LogP contribution in [0.2, 0.25) is 0 Å². The van der Waals surface area contributed by atoms with Crippen LogP contribution < -0.4 is 4.90 Å². The van der Waals surface area contributed by atoms with Crippen molar-refractivity contribution in [3.63, 3.8) is 0 Å². The molecule has 0 saturated carbocycles. The quantitative estimate of drug-likeness (QED) is 0.821. The van der Waals surface area contributed by atoms with Gasteiger partial charge in [0.2, 0.25) is 5.91 Å². The number of hydrogen-bond donors (Lipinski definition) is 1. The molecule has 17 heavy (non-hydrogen) atoms. The Morgan fingerprint density at radius 2 is 2.24 bits per heavy atom. The van der Waals surface area contributed by atoms with Gasteiger partial charge in [0.25, 0.3) is 0 Å². The molecule has 2 rings (SSSR count). The van der Waals surface area contributed by atoms with E-state index in [1.165, 1.54) is 11.0 Å². The predicted molar refractivity (Wildman–Crippen MR) is 64.7 cm³/mol. The zero-order chi connectivity index (χ0) is 12.6. The number of aryl methyl sites for hydroxylation is 1. The van der Waals surface area contributed by atoms with E-state index in [1.54, 1.807) is 19.1 Å². The first-order chi connectivity index (χ1) is 7.99. The molecule has 1 heterocycles. The average molecular weight is 254 g/mol. The molecule has 1 amide bonds. The zero-order valence-corrected chi connectivity index (χ0v) is 10.1. The van der Waals surface area contributed by atoms with E-state index in [-0.39, 0.29) is 16.8 Å². The molecule has 0 aromatic heterocycles. The van der Waals surface area contributed by atoms with Gasteiger partial charge in [-0.2, -0.15) is 0 Å². The monoisotopic (exact) mass is 253 g/mol. The van der Waals surface area contributed by atoms with Crippen LogP contribution in [-0.2, 0) is 4.79 Å². The second-order valence-electron chi connectivity index (χ2n) is 4.11. The topological polar surface area (TPSA) is 57.6 Å². The van der Waals surface area contributed by atoms with Gasteiger partial charge in [0, 0.05) is 18.7 Å². The summed E-state index contributed by atoms with van der Waals surface area (Å²) in [6.07, 6.45) is 0.303. The van der Waals surface area contributed by atoms with Gasteiger partial charge in [0.05, 0.1) is 10.9 Å². The maximum absolute atomic E-state index is 11.6. The number of nitrogens with zero attached hydrogens (tertiary/aromatic N) is 1. The second-order valence-corrected chi connectivity index (χ2v) is 4.73. The molecule has 0 radical (unpaired) electrons.